The minimum absolute atomic E-state index is 0.227. The fourth-order valence-electron chi connectivity index (χ4n) is 9.63. The van der Waals surface area contributed by atoms with Gasteiger partial charge in [-0.2, -0.15) is 0 Å². The van der Waals surface area contributed by atoms with Crippen molar-refractivity contribution < 1.29 is 39.6 Å². The van der Waals surface area contributed by atoms with Gasteiger partial charge in [0.2, 0.25) is 0 Å². The van der Waals surface area contributed by atoms with Gasteiger partial charge in [0.1, 0.15) is 0 Å². The monoisotopic (exact) mass is 1060 g/mol. The molecule has 8 heteroatoms. The molecule has 0 aliphatic heterocycles. The number of carboxylic acids is 4. The molecule has 0 amide bonds. The zero-order valence-electron chi connectivity index (χ0n) is 43.7. The van der Waals surface area contributed by atoms with Crippen LogP contribution in [0.15, 0.2) is 255 Å². The second kappa shape index (κ2) is 23.2. The Bertz CT molecular complexity index is 3820. The predicted molar refractivity (Wildman–Crippen MR) is 323 cm³/mol. The average Bonchev–Trinajstić information content (AvgIpc) is 3.71. The molecule has 0 aromatic heterocycles. The van der Waals surface area contributed by atoms with Crippen LogP contribution < -0.4 is 0 Å². The maximum atomic E-state index is 11.5. The van der Waals surface area contributed by atoms with Gasteiger partial charge in [0.05, 0.1) is 22.3 Å². The Morgan fingerprint density at radius 1 is 0.183 bits per heavy atom. The van der Waals surface area contributed by atoms with E-state index in [1.54, 1.807) is 97.1 Å². The van der Waals surface area contributed by atoms with Gasteiger partial charge in [-0.05, 0) is 198 Å². The van der Waals surface area contributed by atoms with Crippen LogP contribution >= 0.6 is 0 Å². The summed E-state index contributed by atoms with van der Waals surface area (Å²) in [5.41, 5.74) is 19.3. The van der Waals surface area contributed by atoms with Crippen molar-refractivity contribution in [2.75, 3.05) is 0 Å². The lowest BCUT2D eigenvalue weighted by Gasteiger charge is -2.11. The van der Waals surface area contributed by atoms with Gasteiger partial charge in [-0.25, -0.2) is 19.2 Å². The molecule has 0 spiro atoms. The van der Waals surface area contributed by atoms with E-state index in [-0.39, 0.29) is 22.3 Å². The highest BCUT2D eigenvalue weighted by molar-refractivity contribution is 5.91. The molecule has 0 heterocycles. The third-order valence-electron chi connectivity index (χ3n) is 14.2. The van der Waals surface area contributed by atoms with E-state index in [0.29, 0.717) is 0 Å². The number of hydrogen-bond acceptors (Lipinski definition) is 4. The molecule has 0 aliphatic rings. The molecular formula is C74H46O8. The number of hydrogen-bond donors (Lipinski definition) is 4. The summed E-state index contributed by atoms with van der Waals surface area (Å²) in [6, 6.07) is 80.2. The van der Waals surface area contributed by atoms with Crippen LogP contribution in [0.25, 0.3) is 89.0 Å². The van der Waals surface area contributed by atoms with Crippen molar-refractivity contribution in [3.8, 4) is 113 Å². The maximum Gasteiger partial charge on any atom is 0.335 e. The summed E-state index contributed by atoms with van der Waals surface area (Å²) in [4.78, 5) is 45.9. The van der Waals surface area contributed by atoms with E-state index in [1.807, 2.05) is 121 Å². The second-order valence-electron chi connectivity index (χ2n) is 19.5. The van der Waals surface area contributed by atoms with Crippen molar-refractivity contribution in [2.45, 2.75) is 0 Å². The van der Waals surface area contributed by atoms with Gasteiger partial charge < -0.3 is 20.4 Å². The minimum atomic E-state index is -0.973. The summed E-state index contributed by atoms with van der Waals surface area (Å²) in [5, 5.41) is 37.6. The molecule has 11 rings (SSSR count). The molecule has 0 saturated heterocycles. The van der Waals surface area contributed by atoms with Gasteiger partial charge in [0.15, 0.2) is 0 Å². The average molecular weight is 1060 g/mol. The molecule has 0 bridgehead atoms. The number of benzene rings is 11. The molecule has 0 fully saturated rings. The first-order chi connectivity index (χ1) is 39.8. The first kappa shape index (κ1) is 52.5. The third kappa shape index (κ3) is 12.1. The Labute approximate surface area is 473 Å². The van der Waals surface area contributed by atoms with E-state index >= 15 is 0 Å². The quantitative estimate of drug-likeness (QED) is 0.0884. The van der Waals surface area contributed by atoms with Crippen molar-refractivity contribution in [3.63, 3.8) is 0 Å². The highest BCUT2D eigenvalue weighted by Crippen LogP contribution is 2.34. The molecule has 4 N–H and O–H groups in total. The number of aromatic carboxylic acids is 4. The molecule has 0 radical (unpaired) electrons. The highest BCUT2D eigenvalue weighted by atomic mass is 16.4. The second-order valence-corrected chi connectivity index (χ2v) is 19.5. The molecule has 0 unspecified atom stereocenters. The van der Waals surface area contributed by atoms with E-state index in [1.165, 1.54) is 0 Å². The number of rotatable bonds is 12. The first-order valence-electron chi connectivity index (χ1n) is 26.1. The molecular weight excluding hydrogens is 1020 g/mol. The highest BCUT2D eigenvalue weighted by Gasteiger charge is 2.12. The summed E-state index contributed by atoms with van der Waals surface area (Å²) in [6.45, 7) is 0. The summed E-state index contributed by atoms with van der Waals surface area (Å²) < 4.78 is 0. The van der Waals surface area contributed by atoms with Gasteiger partial charge in [0, 0.05) is 22.3 Å². The Balaban J connectivity index is 0.882. The predicted octanol–water partition coefficient (Wildman–Crippen LogP) is 16.6. The van der Waals surface area contributed by atoms with E-state index in [2.05, 4.69) is 60.1 Å². The smallest absolute Gasteiger partial charge is 0.335 e. The molecule has 82 heavy (non-hydrogen) atoms. The fraction of sp³-hybridized carbons (Fsp3) is 0. The normalized spacial score (nSPS) is 10.6. The van der Waals surface area contributed by atoms with E-state index in [4.69, 9.17) is 0 Å². The minimum Gasteiger partial charge on any atom is -0.478 e. The molecule has 8 nitrogen and oxygen atoms in total. The lowest BCUT2D eigenvalue weighted by molar-refractivity contribution is 0.0686. The van der Waals surface area contributed by atoms with Crippen LogP contribution in [0.5, 0.6) is 0 Å². The van der Waals surface area contributed by atoms with Crippen LogP contribution in [-0.4, -0.2) is 44.3 Å². The van der Waals surface area contributed by atoms with E-state index in [9.17, 15) is 39.6 Å². The van der Waals surface area contributed by atoms with Gasteiger partial charge in [-0.1, -0.05) is 169 Å². The van der Waals surface area contributed by atoms with Crippen molar-refractivity contribution in [1.82, 2.24) is 0 Å². The third-order valence-corrected chi connectivity index (χ3v) is 14.2. The lowest BCUT2D eigenvalue weighted by atomic mass is 9.93. The summed E-state index contributed by atoms with van der Waals surface area (Å²) in [7, 11) is 0. The van der Waals surface area contributed by atoms with Crippen molar-refractivity contribution in [1.29, 1.82) is 0 Å². The molecule has 0 atom stereocenters. The van der Waals surface area contributed by atoms with Gasteiger partial charge in [0.25, 0.3) is 0 Å². The molecule has 11 aromatic carbocycles. The molecule has 390 valence electrons. The number of carbonyl (C=O) groups is 4. The topological polar surface area (TPSA) is 149 Å². The van der Waals surface area contributed by atoms with Crippen LogP contribution in [0.4, 0.5) is 0 Å². The molecule has 0 saturated carbocycles. The lowest BCUT2D eigenvalue weighted by Crippen LogP contribution is -1.95. The van der Waals surface area contributed by atoms with Crippen molar-refractivity contribution in [2.24, 2.45) is 0 Å². The summed E-state index contributed by atoms with van der Waals surface area (Å²) >= 11 is 0. The van der Waals surface area contributed by atoms with Gasteiger partial charge >= 0.3 is 23.9 Å². The SMILES string of the molecule is O=C(O)c1ccc(-c2ccc(-c3cc(C#Cc4ccc(C#Cc5cc(-c6ccc(-c7ccc(C(=O)O)cc7)cc6)cc(-c6ccc(-c7ccc(C(=O)O)cc7)cc6)c5)cc4)cc(-c4ccc(-c5ccc(C(=O)O)cc5)cc4)c3)cc2)cc1. The van der Waals surface area contributed by atoms with Crippen molar-refractivity contribution in [3.05, 3.63) is 299 Å². The molecule has 11 aromatic rings. The standard InChI is InChI=1S/C74H46O8/c75-71(76)63-33-25-55(26-34-63)51-9-17-59(18-10-51)67-41-49(42-68(45-67)60-19-11-52(12-20-60)56-27-35-64(36-28-56)72(77)78)7-5-47-1-2-48(4-3-47)6-8-50-43-69(61-21-13-53(14-22-61)57-29-37-65(38-30-57)73(79)80)46-70(44-50)62-23-15-54(16-24-62)58-31-39-66(40-32-58)74(81)82/h1-4,9-46H,(H,75,76)(H,77,78)(H,79,80)(H,81,82). The van der Waals surface area contributed by atoms with Crippen LogP contribution in [-0.2, 0) is 0 Å². The fourth-order valence-corrected chi connectivity index (χ4v) is 9.63. The van der Waals surface area contributed by atoms with Gasteiger partial charge in [-0.3, -0.25) is 0 Å². The van der Waals surface area contributed by atoms with Crippen LogP contribution in [0.2, 0.25) is 0 Å². The van der Waals surface area contributed by atoms with Gasteiger partial charge in [-0.15, -0.1) is 0 Å². The summed E-state index contributed by atoms with van der Waals surface area (Å²) in [5.74, 6) is 9.69. The van der Waals surface area contributed by atoms with E-state index in [0.717, 1.165) is 111 Å². The molecule has 0 aliphatic carbocycles. The largest absolute Gasteiger partial charge is 0.478 e. The Hall–Kier alpha value is -11.6. The van der Waals surface area contributed by atoms with Crippen molar-refractivity contribution >= 4 is 23.9 Å². The Morgan fingerprint density at radius 2 is 0.329 bits per heavy atom. The Kier molecular flexibility index (Phi) is 14.8. The number of carboxylic acid groups (broad SMARTS) is 4. The first-order valence-corrected chi connectivity index (χ1v) is 26.1. The van der Waals surface area contributed by atoms with E-state index < -0.39 is 23.9 Å². The zero-order valence-corrected chi connectivity index (χ0v) is 43.7. The maximum absolute atomic E-state index is 11.5. The summed E-state index contributed by atoms with van der Waals surface area (Å²) in [6.07, 6.45) is 0. The van der Waals surface area contributed by atoms with Crippen LogP contribution in [0, 0.1) is 23.7 Å². The zero-order chi connectivity index (χ0) is 56.7. The Morgan fingerprint density at radius 3 is 0.500 bits per heavy atom. The van der Waals surface area contributed by atoms with Crippen LogP contribution in [0.1, 0.15) is 63.7 Å². The van der Waals surface area contributed by atoms with Crippen LogP contribution in [0.3, 0.4) is 0 Å².